The van der Waals surface area contributed by atoms with Crippen LogP contribution in [0.4, 0.5) is 9.52 Å². The molecule has 3 heterocycles. The molecule has 0 bridgehead atoms. The predicted octanol–water partition coefficient (Wildman–Crippen LogP) is 3.01. The van der Waals surface area contributed by atoms with Gasteiger partial charge in [0.1, 0.15) is 5.67 Å². The third-order valence-corrected chi connectivity index (χ3v) is 5.02. The number of aromatic carboxylic acids is 1. The number of rotatable bonds is 3. The molecule has 0 aromatic carbocycles. The molecule has 7 heteroatoms. The molecule has 0 amide bonds. The number of hydrogen-bond acceptors (Lipinski definition) is 5. The van der Waals surface area contributed by atoms with E-state index in [1.54, 1.807) is 31.5 Å². The molecule has 0 spiro atoms. The highest BCUT2D eigenvalue weighted by molar-refractivity contribution is 7.15. The highest BCUT2D eigenvalue weighted by atomic mass is 32.1. The number of carboxylic acid groups (broad SMARTS) is 1. The number of nitrogens with zero attached hydrogens (tertiary/aromatic N) is 3. The molecule has 3 rings (SSSR count). The molecule has 1 aliphatic rings. The van der Waals surface area contributed by atoms with Crippen molar-refractivity contribution < 1.29 is 14.3 Å². The van der Waals surface area contributed by atoms with Crippen LogP contribution in [-0.2, 0) is 5.67 Å². The van der Waals surface area contributed by atoms with Crippen molar-refractivity contribution in [2.24, 2.45) is 0 Å². The number of thiazole rings is 1. The van der Waals surface area contributed by atoms with E-state index >= 15 is 4.39 Å². The lowest BCUT2D eigenvalue weighted by molar-refractivity contribution is 0.0690. The van der Waals surface area contributed by atoms with E-state index in [4.69, 9.17) is 5.11 Å². The first-order chi connectivity index (χ1) is 10.5. The minimum atomic E-state index is -1.37. The third kappa shape index (κ3) is 2.68. The van der Waals surface area contributed by atoms with E-state index in [2.05, 4.69) is 9.97 Å². The topological polar surface area (TPSA) is 66.3 Å². The summed E-state index contributed by atoms with van der Waals surface area (Å²) in [6.45, 7) is 2.76. The Kier molecular flexibility index (Phi) is 3.82. The molecule has 5 nitrogen and oxygen atoms in total. The first kappa shape index (κ1) is 14.9. The molecule has 1 saturated heterocycles. The first-order valence-electron chi connectivity index (χ1n) is 7.05. The zero-order chi connectivity index (χ0) is 15.7. The standard InChI is InChI=1S/C15H16FN3O2S/c1-10-12(13(20)21)18-14(22-10)19-7-4-15(16,5-8-19)11-3-2-6-17-9-11/h2-3,6,9H,4-5,7-8H2,1H3,(H,20,21). The predicted molar refractivity (Wildman–Crippen MR) is 82.3 cm³/mol. The first-order valence-corrected chi connectivity index (χ1v) is 7.86. The fourth-order valence-electron chi connectivity index (χ4n) is 2.69. The molecular weight excluding hydrogens is 305 g/mol. The van der Waals surface area contributed by atoms with Crippen molar-refractivity contribution in [1.29, 1.82) is 0 Å². The summed E-state index contributed by atoms with van der Waals surface area (Å²) in [7, 11) is 0. The normalized spacial score (nSPS) is 17.5. The van der Waals surface area contributed by atoms with Gasteiger partial charge in [-0.25, -0.2) is 14.2 Å². The van der Waals surface area contributed by atoms with Gasteiger partial charge in [-0.3, -0.25) is 4.98 Å². The van der Waals surface area contributed by atoms with Crippen LogP contribution in [0.2, 0.25) is 0 Å². The van der Waals surface area contributed by atoms with Gasteiger partial charge in [0.2, 0.25) is 0 Å². The number of hydrogen-bond donors (Lipinski definition) is 1. The Hall–Kier alpha value is -2.02. The third-order valence-electron chi connectivity index (χ3n) is 3.99. The van der Waals surface area contributed by atoms with Gasteiger partial charge in [0.15, 0.2) is 10.8 Å². The average Bonchev–Trinajstić information content (AvgIpc) is 2.91. The number of anilines is 1. The zero-order valence-corrected chi connectivity index (χ0v) is 12.9. The maximum atomic E-state index is 15.0. The van der Waals surface area contributed by atoms with Gasteiger partial charge in [0.25, 0.3) is 0 Å². The summed E-state index contributed by atoms with van der Waals surface area (Å²) in [5.41, 5.74) is -0.673. The van der Waals surface area contributed by atoms with Crippen LogP contribution in [0.25, 0.3) is 0 Å². The molecule has 22 heavy (non-hydrogen) atoms. The quantitative estimate of drug-likeness (QED) is 0.941. The van der Waals surface area contributed by atoms with Crippen LogP contribution >= 0.6 is 11.3 Å². The highest BCUT2D eigenvalue weighted by Crippen LogP contribution is 2.38. The molecular formula is C15H16FN3O2S. The minimum Gasteiger partial charge on any atom is -0.476 e. The molecule has 0 unspecified atom stereocenters. The van der Waals surface area contributed by atoms with Gasteiger partial charge in [-0.05, 0) is 13.0 Å². The highest BCUT2D eigenvalue weighted by Gasteiger charge is 2.37. The molecule has 0 atom stereocenters. The number of halogens is 1. The molecule has 0 saturated carbocycles. The lowest BCUT2D eigenvalue weighted by atomic mass is 9.87. The number of pyridine rings is 1. The number of aromatic nitrogens is 2. The van der Waals surface area contributed by atoms with E-state index in [9.17, 15) is 4.79 Å². The van der Waals surface area contributed by atoms with Crippen molar-refractivity contribution >= 4 is 22.4 Å². The Balaban J connectivity index is 1.74. The van der Waals surface area contributed by atoms with Crippen molar-refractivity contribution in [2.75, 3.05) is 18.0 Å². The Morgan fingerprint density at radius 2 is 2.18 bits per heavy atom. The lowest BCUT2D eigenvalue weighted by Crippen LogP contribution is -2.40. The van der Waals surface area contributed by atoms with Gasteiger partial charge < -0.3 is 10.0 Å². The summed E-state index contributed by atoms with van der Waals surface area (Å²) in [6.07, 6.45) is 3.90. The molecule has 1 fully saturated rings. The summed E-state index contributed by atoms with van der Waals surface area (Å²) < 4.78 is 15.0. The molecule has 0 radical (unpaired) electrons. The number of carboxylic acids is 1. The van der Waals surface area contributed by atoms with Crippen LogP contribution < -0.4 is 4.90 Å². The summed E-state index contributed by atoms with van der Waals surface area (Å²) in [6, 6.07) is 3.51. The Bertz CT molecular complexity index is 681. The van der Waals surface area contributed by atoms with Gasteiger partial charge >= 0.3 is 5.97 Å². The van der Waals surface area contributed by atoms with Crippen LogP contribution in [0.15, 0.2) is 24.5 Å². The number of piperidine rings is 1. The van der Waals surface area contributed by atoms with E-state index in [-0.39, 0.29) is 5.69 Å². The van der Waals surface area contributed by atoms with Crippen molar-refractivity contribution in [3.8, 4) is 0 Å². The number of alkyl halides is 1. The van der Waals surface area contributed by atoms with Crippen molar-refractivity contribution in [2.45, 2.75) is 25.4 Å². The monoisotopic (exact) mass is 321 g/mol. The second kappa shape index (κ2) is 5.64. The molecule has 2 aromatic heterocycles. The fraction of sp³-hybridized carbons (Fsp3) is 0.400. The van der Waals surface area contributed by atoms with E-state index in [0.29, 0.717) is 41.5 Å². The van der Waals surface area contributed by atoms with Gasteiger partial charge in [-0.2, -0.15) is 0 Å². The van der Waals surface area contributed by atoms with Crippen LogP contribution in [0, 0.1) is 6.92 Å². The van der Waals surface area contributed by atoms with E-state index in [1.807, 2.05) is 4.90 Å². The van der Waals surface area contributed by atoms with Crippen molar-refractivity contribution in [3.63, 3.8) is 0 Å². The SMILES string of the molecule is Cc1sc(N2CCC(F)(c3cccnc3)CC2)nc1C(=O)O. The fourth-order valence-corrected chi connectivity index (χ4v) is 3.64. The summed E-state index contributed by atoms with van der Waals surface area (Å²) in [4.78, 5) is 21.8. The molecule has 116 valence electrons. The molecule has 1 N–H and O–H groups in total. The zero-order valence-electron chi connectivity index (χ0n) is 12.1. The number of aryl methyl sites for hydroxylation is 1. The Morgan fingerprint density at radius 1 is 1.45 bits per heavy atom. The van der Waals surface area contributed by atoms with Crippen LogP contribution in [0.3, 0.4) is 0 Å². The summed E-state index contributed by atoms with van der Waals surface area (Å²) in [5.74, 6) is -1.02. The Morgan fingerprint density at radius 3 is 2.73 bits per heavy atom. The van der Waals surface area contributed by atoms with Crippen molar-refractivity contribution in [1.82, 2.24) is 9.97 Å². The smallest absolute Gasteiger partial charge is 0.355 e. The lowest BCUT2D eigenvalue weighted by Gasteiger charge is -2.36. The second-order valence-corrected chi connectivity index (χ2v) is 6.58. The van der Waals surface area contributed by atoms with Gasteiger partial charge in [0.05, 0.1) is 0 Å². The molecule has 2 aromatic rings. The van der Waals surface area contributed by atoms with Crippen LogP contribution in [0.5, 0.6) is 0 Å². The average molecular weight is 321 g/mol. The second-order valence-electron chi connectivity index (χ2n) is 5.40. The summed E-state index contributed by atoms with van der Waals surface area (Å²) >= 11 is 1.34. The molecule has 0 aliphatic carbocycles. The van der Waals surface area contributed by atoms with Crippen LogP contribution in [-0.4, -0.2) is 34.1 Å². The van der Waals surface area contributed by atoms with E-state index < -0.39 is 11.6 Å². The minimum absolute atomic E-state index is 0.0874. The van der Waals surface area contributed by atoms with E-state index in [0.717, 1.165) is 0 Å². The van der Waals surface area contributed by atoms with Crippen molar-refractivity contribution in [3.05, 3.63) is 40.7 Å². The molecule has 1 aliphatic heterocycles. The van der Waals surface area contributed by atoms with Gasteiger partial charge in [-0.15, -0.1) is 11.3 Å². The summed E-state index contributed by atoms with van der Waals surface area (Å²) in [5, 5.41) is 9.72. The van der Waals surface area contributed by atoms with Crippen LogP contribution in [0.1, 0.15) is 33.8 Å². The van der Waals surface area contributed by atoms with Gasteiger partial charge in [0, 0.05) is 48.8 Å². The largest absolute Gasteiger partial charge is 0.476 e. The maximum absolute atomic E-state index is 15.0. The number of carbonyl (C=O) groups is 1. The maximum Gasteiger partial charge on any atom is 0.355 e. The Labute approximate surface area is 131 Å². The van der Waals surface area contributed by atoms with Gasteiger partial charge in [-0.1, -0.05) is 6.07 Å². The van der Waals surface area contributed by atoms with E-state index in [1.165, 1.54) is 11.3 Å².